The highest BCUT2D eigenvalue weighted by atomic mass is 16.6. The van der Waals surface area contributed by atoms with Gasteiger partial charge in [0.1, 0.15) is 11.3 Å². The first-order valence-electron chi connectivity index (χ1n) is 9.12. The van der Waals surface area contributed by atoms with E-state index in [-0.39, 0.29) is 11.7 Å². The third-order valence-corrected chi connectivity index (χ3v) is 4.51. The molecule has 3 rings (SSSR count). The Balaban J connectivity index is 1.76. The van der Waals surface area contributed by atoms with Crippen LogP contribution < -0.4 is 9.64 Å². The van der Waals surface area contributed by atoms with Crippen molar-refractivity contribution in [1.29, 1.82) is 0 Å². The Labute approximate surface area is 163 Å². The van der Waals surface area contributed by atoms with E-state index in [0.29, 0.717) is 23.5 Å². The molecule has 6 heteroatoms. The molecule has 0 N–H and O–H groups in total. The number of furan rings is 1. The van der Waals surface area contributed by atoms with E-state index >= 15 is 0 Å². The summed E-state index contributed by atoms with van der Waals surface area (Å²) >= 11 is 0. The standard InChI is InChI=1S/C22H23NO5/c1-5-26-17-11-12-19-18(13-17)14(2)20(28-19)22(25)27-15(3)21(24)23(4)16-9-7-6-8-10-16/h6-13,15H,5H2,1-4H3/t15-/m0/s1. The van der Waals surface area contributed by atoms with Crippen LogP contribution in [-0.4, -0.2) is 31.6 Å². The summed E-state index contributed by atoms with van der Waals surface area (Å²) in [7, 11) is 1.64. The molecule has 0 aliphatic carbocycles. The molecule has 0 saturated heterocycles. The van der Waals surface area contributed by atoms with Crippen molar-refractivity contribution < 1.29 is 23.5 Å². The minimum Gasteiger partial charge on any atom is -0.494 e. The highest BCUT2D eigenvalue weighted by molar-refractivity contribution is 6.00. The summed E-state index contributed by atoms with van der Waals surface area (Å²) in [5.41, 5.74) is 1.93. The number of likely N-dealkylation sites (N-methyl/N-ethyl adjacent to an activating group) is 1. The van der Waals surface area contributed by atoms with E-state index in [0.717, 1.165) is 11.1 Å². The van der Waals surface area contributed by atoms with Gasteiger partial charge in [-0.25, -0.2) is 4.79 Å². The van der Waals surface area contributed by atoms with Gasteiger partial charge in [-0.3, -0.25) is 4.79 Å². The number of hydrogen-bond donors (Lipinski definition) is 0. The Kier molecular flexibility index (Phi) is 5.68. The van der Waals surface area contributed by atoms with Gasteiger partial charge in [0, 0.05) is 23.7 Å². The number of aryl methyl sites for hydroxylation is 1. The van der Waals surface area contributed by atoms with Crippen molar-refractivity contribution in [3.8, 4) is 5.75 Å². The molecule has 1 atom stereocenters. The molecule has 1 heterocycles. The lowest BCUT2D eigenvalue weighted by molar-refractivity contribution is -0.126. The Bertz CT molecular complexity index is 993. The van der Waals surface area contributed by atoms with Crippen molar-refractivity contribution in [2.75, 3.05) is 18.6 Å². The Morgan fingerprint density at radius 3 is 2.54 bits per heavy atom. The highest BCUT2D eigenvalue weighted by Crippen LogP contribution is 2.29. The van der Waals surface area contributed by atoms with Gasteiger partial charge < -0.3 is 18.8 Å². The maximum absolute atomic E-state index is 12.6. The first-order chi connectivity index (χ1) is 13.4. The van der Waals surface area contributed by atoms with Crippen molar-refractivity contribution >= 4 is 28.5 Å². The third-order valence-electron chi connectivity index (χ3n) is 4.51. The predicted molar refractivity (Wildman–Crippen MR) is 107 cm³/mol. The van der Waals surface area contributed by atoms with Gasteiger partial charge in [-0.1, -0.05) is 18.2 Å². The van der Waals surface area contributed by atoms with Gasteiger partial charge in [0.15, 0.2) is 6.10 Å². The lowest BCUT2D eigenvalue weighted by Gasteiger charge is -2.21. The van der Waals surface area contributed by atoms with Crippen LogP contribution in [0.1, 0.15) is 30.0 Å². The monoisotopic (exact) mass is 381 g/mol. The fourth-order valence-corrected chi connectivity index (χ4v) is 2.97. The topological polar surface area (TPSA) is 69.0 Å². The van der Waals surface area contributed by atoms with E-state index in [2.05, 4.69) is 0 Å². The summed E-state index contributed by atoms with van der Waals surface area (Å²) in [4.78, 5) is 26.6. The summed E-state index contributed by atoms with van der Waals surface area (Å²) in [5.74, 6) is -0.210. The van der Waals surface area contributed by atoms with Crippen molar-refractivity contribution in [1.82, 2.24) is 0 Å². The minimum atomic E-state index is -0.954. The molecule has 146 valence electrons. The van der Waals surface area contributed by atoms with Crippen LogP contribution in [0.3, 0.4) is 0 Å². The summed E-state index contributed by atoms with van der Waals surface area (Å²) in [6.07, 6.45) is -0.954. The molecular formula is C22H23NO5. The van der Waals surface area contributed by atoms with Crippen LogP contribution in [0, 0.1) is 6.92 Å². The number of ether oxygens (including phenoxy) is 2. The second-order valence-corrected chi connectivity index (χ2v) is 6.43. The molecule has 6 nitrogen and oxygen atoms in total. The van der Waals surface area contributed by atoms with Crippen molar-refractivity contribution in [3.63, 3.8) is 0 Å². The number of fused-ring (bicyclic) bond motifs is 1. The highest BCUT2D eigenvalue weighted by Gasteiger charge is 2.26. The molecular weight excluding hydrogens is 358 g/mol. The molecule has 0 fully saturated rings. The fourth-order valence-electron chi connectivity index (χ4n) is 2.97. The van der Waals surface area contributed by atoms with Crippen molar-refractivity contribution in [2.24, 2.45) is 0 Å². The number of nitrogens with zero attached hydrogens (tertiary/aromatic N) is 1. The van der Waals surface area contributed by atoms with Crippen LogP contribution >= 0.6 is 0 Å². The van der Waals surface area contributed by atoms with Gasteiger partial charge in [0.25, 0.3) is 5.91 Å². The van der Waals surface area contributed by atoms with E-state index in [4.69, 9.17) is 13.9 Å². The smallest absolute Gasteiger partial charge is 0.375 e. The summed E-state index contributed by atoms with van der Waals surface area (Å²) in [6, 6.07) is 14.5. The SMILES string of the molecule is CCOc1ccc2oc(C(=O)O[C@@H](C)C(=O)N(C)c3ccccc3)c(C)c2c1. The Morgan fingerprint density at radius 1 is 1.14 bits per heavy atom. The van der Waals surface area contributed by atoms with Crippen LogP contribution in [0.2, 0.25) is 0 Å². The maximum atomic E-state index is 12.6. The second-order valence-electron chi connectivity index (χ2n) is 6.43. The molecule has 1 amide bonds. The number of amides is 1. The van der Waals surface area contributed by atoms with Crippen molar-refractivity contribution in [2.45, 2.75) is 26.9 Å². The third kappa shape index (κ3) is 3.86. The average molecular weight is 381 g/mol. The molecule has 0 bridgehead atoms. The lowest BCUT2D eigenvalue weighted by atomic mass is 10.1. The Morgan fingerprint density at radius 2 is 1.86 bits per heavy atom. The molecule has 2 aromatic carbocycles. The molecule has 0 radical (unpaired) electrons. The number of benzene rings is 2. The van der Waals surface area contributed by atoms with Gasteiger partial charge in [0.05, 0.1) is 6.61 Å². The van der Waals surface area contributed by atoms with Crippen LogP contribution in [0.25, 0.3) is 11.0 Å². The average Bonchev–Trinajstić information content (AvgIpc) is 3.04. The molecule has 0 unspecified atom stereocenters. The number of rotatable bonds is 6. The molecule has 0 spiro atoms. The van der Waals surface area contributed by atoms with Crippen LogP contribution in [-0.2, 0) is 9.53 Å². The molecule has 3 aromatic rings. The lowest BCUT2D eigenvalue weighted by Crippen LogP contribution is -2.37. The zero-order valence-corrected chi connectivity index (χ0v) is 16.4. The van der Waals surface area contributed by atoms with Crippen LogP contribution in [0.5, 0.6) is 5.75 Å². The minimum absolute atomic E-state index is 0.0886. The molecule has 0 aliphatic rings. The molecule has 28 heavy (non-hydrogen) atoms. The fraction of sp³-hybridized carbons (Fsp3) is 0.273. The summed E-state index contributed by atoms with van der Waals surface area (Å²) in [5, 5.41) is 0.776. The zero-order chi connectivity index (χ0) is 20.3. The largest absolute Gasteiger partial charge is 0.494 e. The molecule has 0 aliphatic heterocycles. The van der Waals surface area contributed by atoms with E-state index in [9.17, 15) is 9.59 Å². The maximum Gasteiger partial charge on any atom is 0.375 e. The van der Waals surface area contributed by atoms with Gasteiger partial charge in [-0.05, 0) is 51.1 Å². The van der Waals surface area contributed by atoms with Crippen molar-refractivity contribution in [3.05, 3.63) is 59.9 Å². The zero-order valence-electron chi connectivity index (χ0n) is 16.4. The molecule has 0 saturated carbocycles. The number of carbonyl (C=O) groups is 2. The summed E-state index contributed by atoms with van der Waals surface area (Å²) < 4.78 is 16.5. The summed E-state index contributed by atoms with van der Waals surface area (Å²) in [6.45, 7) is 5.78. The van der Waals surface area contributed by atoms with Gasteiger partial charge in [-0.2, -0.15) is 0 Å². The molecule has 1 aromatic heterocycles. The number of anilines is 1. The number of hydrogen-bond acceptors (Lipinski definition) is 5. The van der Waals surface area contributed by atoms with Gasteiger partial charge >= 0.3 is 5.97 Å². The van der Waals surface area contributed by atoms with E-state index in [1.54, 1.807) is 33.0 Å². The number of para-hydroxylation sites is 1. The number of carbonyl (C=O) groups excluding carboxylic acids is 2. The predicted octanol–water partition coefficient (Wildman–Crippen LogP) is 4.35. The first kappa shape index (κ1) is 19.5. The first-order valence-corrected chi connectivity index (χ1v) is 9.12. The van der Waals surface area contributed by atoms with Gasteiger partial charge in [-0.15, -0.1) is 0 Å². The Hall–Kier alpha value is -3.28. The number of esters is 1. The second kappa shape index (κ2) is 8.17. The van der Waals surface area contributed by atoms with E-state index in [1.165, 1.54) is 4.90 Å². The van der Waals surface area contributed by atoms with Crippen LogP contribution in [0.4, 0.5) is 5.69 Å². The van der Waals surface area contributed by atoms with E-state index in [1.807, 2.05) is 43.3 Å². The normalized spacial score (nSPS) is 11.9. The quantitative estimate of drug-likeness (QED) is 0.594. The van der Waals surface area contributed by atoms with E-state index < -0.39 is 12.1 Å². The van der Waals surface area contributed by atoms with Gasteiger partial charge in [0.2, 0.25) is 5.76 Å². The van der Waals surface area contributed by atoms with Crippen LogP contribution in [0.15, 0.2) is 52.9 Å².